The van der Waals surface area contributed by atoms with Crippen molar-refractivity contribution >= 4 is 16.6 Å². The van der Waals surface area contributed by atoms with E-state index in [1.54, 1.807) is 12.3 Å². The third-order valence-electron chi connectivity index (χ3n) is 2.73. The fourth-order valence-corrected chi connectivity index (χ4v) is 1.93. The topological polar surface area (TPSA) is 48.1 Å². The zero-order valence-electron chi connectivity index (χ0n) is 10.0. The molecule has 0 aliphatic heterocycles. The molecule has 3 rings (SSSR count). The first-order valence-electron chi connectivity index (χ1n) is 5.80. The monoisotopic (exact) mass is 254 g/mol. The second-order valence-corrected chi connectivity index (χ2v) is 4.15. The summed E-state index contributed by atoms with van der Waals surface area (Å²) in [4.78, 5) is 4.24. The molecule has 0 aliphatic carbocycles. The maximum absolute atomic E-state index is 13.3. The first kappa shape index (κ1) is 11.5. The minimum atomic E-state index is -0.423. The van der Waals surface area contributed by atoms with Gasteiger partial charge in [0.2, 0.25) is 0 Å². The largest absolute Gasteiger partial charge is 0.456 e. The Bertz CT molecular complexity index is 718. The predicted octanol–water partition coefficient (Wildman–Crippen LogP) is 3.75. The van der Waals surface area contributed by atoms with Crippen LogP contribution in [0.4, 0.5) is 10.1 Å². The maximum atomic E-state index is 13.3. The number of fused-ring (bicyclic) bond motifs is 1. The number of nitrogens with two attached hydrogens (primary N) is 1. The van der Waals surface area contributed by atoms with E-state index in [0.717, 1.165) is 10.9 Å². The molecule has 0 spiro atoms. The van der Waals surface area contributed by atoms with Gasteiger partial charge in [-0.25, -0.2) is 4.39 Å². The molecule has 3 aromatic rings. The quantitative estimate of drug-likeness (QED) is 0.708. The van der Waals surface area contributed by atoms with Gasteiger partial charge in [-0.05, 0) is 30.3 Å². The summed E-state index contributed by atoms with van der Waals surface area (Å²) in [6.45, 7) is 0. The molecular formula is C15H11FN2O. The highest BCUT2D eigenvalue weighted by Gasteiger charge is 2.05. The van der Waals surface area contributed by atoms with Gasteiger partial charge in [0.05, 0.1) is 5.52 Å². The van der Waals surface area contributed by atoms with Crippen LogP contribution in [0, 0.1) is 5.82 Å². The SMILES string of the molecule is Nc1cc(F)cc(Oc2cccc3ncccc23)c1. The first-order chi connectivity index (χ1) is 9.22. The van der Waals surface area contributed by atoms with Crippen LogP contribution in [0.3, 0.4) is 0 Å². The predicted molar refractivity (Wildman–Crippen MR) is 72.6 cm³/mol. The molecule has 2 N–H and O–H groups in total. The number of nitrogens with zero attached hydrogens (tertiary/aromatic N) is 1. The molecule has 0 bridgehead atoms. The van der Waals surface area contributed by atoms with Gasteiger partial charge in [-0.1, -0.05) is 6.07 Å². The van der Waals surface area contributed by atoms with E-state index in [4.69, 9.17) is 10.5 Å². The van der Waals surface area contributed by atoms with E-state index in [-0.39, 0.29) is 0 Å². The number of nitrogen functional groups attached to an aromatic ring is 1. The Morgan fingerprint density at radius 1 is 1.05 bits per heavy atom. The van der Waals surface area contributed by atoms with Gasteiger partial charge < -0.3 is 10.5 Å². The van der Waals surface area contributed by atoms with Crippen LogP contribution in [0.2, 0.25) is 0 Å². The minimum absolute atomic E-state index is 0.327. The highest BCUT2D eigenvalue weighted by atomic mass is 19.1. The molecule has 0 fully saturated rings. The molecule has 0 aliphatic rings. The minimum Gasteiger partial charge on any atom is -0.456 e. The Balaban J connectivity index is 2.05. The van der Waals surface area contributed by atoms with Crippen molar-refractivity contribution in [3.8, 4) is 11.5 Å². The molecule has 2 aromatic carbocycles. The average molecular weight is 254 g/mol. The van der Waals surface area contributed by atoms with Crippen LogP contribution in [0.5, 0.6) is 11.5 Å². The normalized spacial score (nSPS) is 10.6. The summed E-state index contributed by atoms with van der Waals surface area (Å²) in [5.41, 5.74) is 6.74. The summed E-state index contributed by atoms with van der Waals surface area (Å²) in [6, 6.07) is 13.4. The number of anilines is 1. The van der Waals surface area contributed by atoms with Gasteiger partial charge in [0, 0.05) is 29.4 Å². The van der Waals surface area contributed by atoms with E-state index in [2.05, 4.69) is 4.98 Å². The number of rotatable bonds is 2. The molecule has 0 saturated carbocycles. The zero-order valence-corrected chi connectivity index (χ0v) is 10.0. The van der Waals surface area contributed by atoms with Crippen molar-refractivity contribution in [2.24, 2.45) is 0 Å². The Hall–Kier alpha value is -2.62. The molecule has 4 heteroatoms. The summed E-state index contributed by atoms with van der Waals surface area (Å²) in [7, 11) is 0. The fourth-order valence-electron chi connectivity index (χ4n) is 1.93. The molecular weight excluding hydrogens is 243 g/mol. The molecule has 1 aromatic heterocycles. The van der Waals surface area contributed by atoms with Gasteiger partial charge in [-0.15, -0.1) is 0 Å². The van der Waals surface area contributed by atoms with E-state index in [9.17, 15) is 4.39 Å². The zero-order chi connectivity index (χ0) is 13.2. The number of benzene rings is 2. The van der Waals surface area contributed by atoms with Gasteiger partial charge in [0.1, 0.15) is 17.3 Å². The Kier molecular flexibility index (Phi) is 2.76. The van der Waals surface area contributed by atoms with Crippen molar-refractivity contribution in [1.29, 1.82) is 0 Å². The molecule has 19 heavy (non-hydrogen) atoms. The lowest BCUT2D eigenvalue weighted by Gasteiger charge is -2.09. The summed E-state index contributed by atoms with van der Waals surface area (Å²) in [6.07, 6.45) is 1.71. The lowest BCUT2D eigenvalue weighted by atomic mass is 10.2. The third kappa shape index (κ3) is 2.33. The molecule has 0 atom stereocenters. The highest BCUT2D eigenvalue weighted by molar-refractivity contribution is 5.85. The molecule has 0 radical (unpaired) electrons. The number of hydrogen-bond acceptors (Lipinski definition) is 3. The summed E-state index contributed by atoms with van der Waals surface area (Å²) >= 11 is 0. The fraction of sp³-hybridized carbons (Fsp3) is 0. The van der Waals surface area contributed by atoms with E-state index in [0.29, 0.717) is 17.2 Å². The van der Waals surface area contributed by atoms with Crippen molar-refractivity contribution < 1.29 is 9.13 Å². The van der Waals surface area contributed by atoms with Gasteiger partial charge in [-0.2, -0.15) is 0 Å². The average Bonchev–Trinajstić information content (AvgIpc) is 2.38. The Morgan fingerprint density at radius 3 is 2.79 bits per heavy atom. The Labute approximate surface area is 109 Å². The van der Waals surface area contributed by atoms with Crippen LogP contribution in [0.1, 0.15) is 0 Å². The van der Waals surface area contributed by atoms with Crippen molar-refractivity contribution in [2.75, 3.05) is 5.73 Å². The van der Waals surface area contributed by atoms with Gasteiger partial charge in [0.15, 0.2) is 0 Å². The molecule has 1 heterocycles. The molecule has 94 valence electrons. The maximum Gasteiger partial charge on any atom is 0.136 e. The van der Waals surface area contributed by atoms with Crippen LogP contribution in [-0.4, -0.2) is 4.98 Å². The van der Waals surface area contributed by atoms with E-state index >= 15 is 0 Å². The standard InChI is InChI=1S/C15H11FN2O/c16-10-7-11(17)9-12(8-10)19-15-5-1-4-14-13(15)3-2-6-18-14/h1-9H,17H2. The summed E-state index contributed by atoms with van der Waals surface area (Å²) in [5, 5.41) is 0.868. The van der Waals surface area contributed by atoms with E-state index in [1.807, 2.05) is 30.3 Å². The van der Waals surface area contributed by atoms with Crippen LogP contribution in [-0.2, 0) is 0 Å². The highest BCUT2D eigenvalue weighted by Crippen LogP contribution is 2.30. The second kappa shape index (κ2) is 4.57. The summed E-state index contributed by atoms with van der Waals surface area (Å²) in [5.74, 6) is 0.567. The lowest BCUT2D eigenvalue weighted by molar-refractivity contribution is 0.482. The number of pyridine rings is 1. The van der Waals surface area contributed by atoms with Crippen LogP contribution in [0.25, 0.3) is 10.9 Å². The van der Waals surface area contributed by atoms with Gasteiger partial charge >= 0.3 is 0 Å². The van der Waals surface area contributed by atoms with Crippen molar-refractivity contribution in [2.45, 2.75) is 0 Å². The third-order valence-corrected chi connectivity index (χ3v) is 2.73. The summed E-state index contributed by atoms with van der Waals surface area (Å²) < 4.78 is 19.0. The number of ether oxygens (including phenoxy) is 1. The van der Waals surface area contributed by atoms with Crippen molar-refractivity contribution in [1.82, 2.24) is 4.98 Å². The number of hydrogen-bond donors (Lipinski definition) is 1. The smallest absolute Gasteiger partial charge is 0.136 e. The van der Waals surface area contributed by atoms with Crippen LogP contribution in [0.15, 0.2) is 54.7 Å². The Morgan fingerprint density at radius 2 is 1.95 bits per heavy atom. The van der Waals surface area contributed by atoms with Crippen LogP contribution >= 0.6 is 0 Å². The van der Waals surface area contributed by atoms with Crippen molar-refractivity contribution in [3.05, 3.63) is 60.5 Å². The van der Waals surface area contributed by atoms with E-state index in [1.165, 1.54) is 12.1 Å². The number of halogens is 1. The number of aromatic nitrogens is 1. The molecule has 0 saturated heterocycles. The van der Waals surface area contributed by atoms with Crippen LogP contribution < -0.4 is 10.5 Å². The lowest BCUT2D eigenvalue weighted by Crippen LogP contribution is -1.91. The molecule has 0 unspecified atom stereocenters. The van der Waals surface area contributed by atoms with Gasteiger partial charge in [0.25, 0.3) is 0 Å². The molecule has 3 nitrogen and oxygen atoms in total. The van der Waals surface area contributed by atoms with Gasteiger partial charge in [-0.3, -0.25) is 4.98 Å². The molecule has 0 amide bonds. The van der Waals surface area contributed by atoms with Crippen molar-refractivity contribution in [3.63, 3.8) is 0 Å². The van der Waals surface area contributed by atoms with E-state index < -0.39 is 5.82 Å². The second-order valence-electron chi connectivity index (χ2n) is 4.15. The first-order valence-corrected chi connectivity index (χ1v) is 5.80.